The van der Waals surface area contributed by atoms with E-state index in [2.05, 4.69) is 31.2 Å². The summed E-state index contributed by atoms with van der Waals surface area (Å²) in [7, 11) is 0. The Balaban J connectivity index is 1.95. The van der Waals surface area contributed by atoms with Crippen molar-refractivity contribution in [2.24, 2.45) is 0 Å². The lowest BCUT2D eigenvalue weighted by Crippen LogP contribution is -1.77. The van der Waals surface area contributed by atoms with Gasteiger partial charge in [-0.2, -0.15) is 0 Å². The topological polar surface area (TPSA) is 20.2 Å². The molecule has 1 rings (SSSR count). The molecule has 0 amide bonds. The first-order chi connectivity index (χ1) is 10.8. The summed E-state index contributed by atoms with van der Waals surface area (Å²) in [6.45, 7) is 2.26. The molecule has 1 aromatic carbocycles. The first-order valence-electron chi connectivity index (χ1n) is 8.93. The first-order valence-corrected chi connectivity index (χ1v) is 8.93. The van der Waals surface area contributed by atoms with Crippen molar-refractivity contribution in [3.8, 4) is 5.75 Å². The van der Waals surface area contributed by atoms with Crippen LogP contribution in [0.4, 0.5) is 0 Å². The summed E-state index contributed by atoms with van der Waals surface area (Å²) in [5, 5.41) is 9.38. The average molecular weight is 300 g/mol. The third kappa shape index (κ3) is 10.3. The van der Waals surface area contributed by atoms with Gasteiger partial charge in [0, 0.05) is 0 Å². The summed E-state index contributed by atoms with van der Waals surface area (Å²) in [6, 6.07) is 7.38. The maximum absolute atomic E-state index is 9.38. The normalized spacial score (nSPS) is 11.7. The van der Waals surface area contributed by atoms with Crippen LogP contribution < -0.4 is 0 Å². The molecule has 0 aliphatic rings. The minimum atomic E-state index is 0.335. The smallest absolute Gasteiger partial charge is 0.116 e. The van der Waals surface area contributed by atoms with Gasteiger partial charge >= 0.3 is 0 Å². The number of hydrogen-bond acceptors (Lipinski definition) is 1. The lowest BCUT2D eigenvalue weighted by atomic mass is 10.1. The van der Waals surface area contributed by atoms with E-state index in [-0.39, 0.29) is 0 Å². The number of aromatic hydroxyl groups is 1. The number of rotatable bonds is 12. The maximum Gasteiger partial charge on any atom is 0.116 e. The van der Waals surface area contributed by atoms with Crippen molar-refractivity contribution in [2.45, 2.75) is 71.1 Å². The summed E-state index contributed by atoms with van der Waals surface area (Å²) >= 11 is 0. The van der Waals surface area contributed by atoms with Gasteiger partial charge in [0.15, 0.2) is 0 Å². The van der Waals surface area contributed by atoms with Gasteiger partial charge in [0.1, 0.15) is 5.75 Å². The summed E-state index contributed by atoms with van der Waals surface area (Å²) in [5.41, 5.74) is 1.07. The fourth-order valence-corrected chi connectivity index (χ4v) is 2.47. The van der Waals surface area contributed by atoms with Gasteiger partial charge in [-0.3, -0.25) is 0 Å². The Bertz CT molecular complexity index is 431. The number of unbranched alkanes of at least 4 members (excludes halogenated alkanes) is 8. The summed E-state index contributed by atoms with van der Waals surface area (Å²) in [4.78, 5) is 0. The van der Waals surface area contributed by atoms with Crippen LogP contribution in [0.2, 0.25) is 0 Å². The van der Waals surface area contributed by atoms with Crippen molar-refractivity contribution in [3.05, 3.63) is 48.1 Å². The number of allylic oxidation sites excluding steroid dienone is 3. The summed E-state index contributed by atoms with van der Waals surface area (Å²) < 4.78 is 0. The van der Waals surface area contributed by atoms with Gasteiger partial charge in [0.25, 0.3) is 0 Å². The van der Waals surface area contributed by atoms with Gasteiger partial charge in [-0.15, -0.1) is 0 Å². The third-order valence-corrected chi connectivity index (χ3v) is 3.81. The fraction of sp³-hybridized carbons (Fsp3) is 0.524. The lowest BCUT2D eigenvalue weighted by Gasteiger charge is -1.97. The zero-order valence-corrected chi connectivity index (χ0v) is 14.1. The second kappa shape index (κ2) is 13.2. The molecular weight excluding hydrogens is 268 g/mol. The van der Waals surface area contributed by atoms with E-state index in [1.807, 2.05) is 12.1 Å². The van der Waals surface area contributed by atoms with Gasteiger partial charge in [-0.05, 0) is 56.2 Å². The Morgan fingerprint density at radius 3 is 2.14 bits per heavy atom. The van der Waals surface area contributed by atoms with Crippen LogP contribution in [0, 0.1) is 0 Å². The van der Waals surface area contributed by atoms with E-state index in [1.165, 1.54) is 57.8 Å². The van der Waals surface area contributed by atoms with Crippen LogP contribution in [0.1, 0.15) is 76.7 Å². The summed E-state index contributed by atoms with van der Waals surface area (Å²) in [5.74, 6) is 0.335. The highest BCUT2D eigenvalue weighted by atomic mass is 16.3. The molecule has 0 radical (unpaired) electrons. The molecule has 0 aliphatic heterocycles. The van der Waals surface area contributed by atoms with E-state index in [0.29, 0.717) is 5.75 Å². The van der Waals surface area contributed by atoms with Gasteiger partial charge in [-0.25, -0.2) is 0 Å². The van der Waals surface area contributed by atoms with Crippen molar-refractivity contribution in [2.75, 3.05) is 0 Å². The monoisotopic (exact) mass is 300 g/mol. The van der Waals surface area contributed by atoms with E-state index in [9.17, 15) is 5.11 Å². The molecular formula is C21H32O. The maximum atomic E-state index is 9.38. The molecule has 0 unspecified atom stereocenters. The van der Waals surface area contributed by atoms with Gasteiger partial charge in [-0.1, -0.05) is 69.0 Å². The van der Waals surface area contributed by atoms with Crippen LogP contribution in [-0.4, -0.2) is 5.11 Å². The molecule has 22 heavy (non-hydrogen) atoms. The van der Waals surface area contributed by atoms with Gasteiger partial charge in [0.2, 0.25) is 0 Å². The third-order valence-electron chi connectivity index (χ3n) is 3.81. The molecule has 1 N–H and O–H groups in total. The molecule has 0 aromatic heterocycles. The molecule has 0 bridgehead atoms. The van der Waals surface area contributed by atoms with Gasteiger partial charge in [0.05, 0.1) is 0 Å². The lowest BCUT2D eigenvalue weighted by molar-refractivity contribution is 0.475. The van der Waals surface area contributed by atoms with Crippen LogP contribution in [0.5, 0.6) is 5.75 Å². The van der Waals surface area contributed by atoms with Crippen molar-refractivity contribution in [1.82, 2.24) is 0 Å². The van der Waals surface area contributed by atoms with E-state index >= 15 is 0 Å². The molecule has 0 atom stereocenters. The fourth-order valence-electron chi connectivity index (χ4n) is 2.47. The number of benzene rings is 1. The standard InChI is InChI=1S/C21H32O/c1-2-3-4-5-6-7-8-9-10-11-12-13-14-16-20-17-15-18-21(22)19-20/h8-9,14-19,22H,2-7,10-13H2,1H3/b9-8+,16-14+. The second-order valence-corrected chi connectivity index (χ2v) is 5.96. The summed E-state index contributed by atoms with van der Waals surface area (Å²) in [6.07, 6.45) is 21.9. The van der Waals surface area contributed by atoms with E-state index in [1.54, 1.807) is 12.1 Å². The molecule has 0 aliphatic carbocycles. The Hall–Kier alpha value is -1.50. The molecule has 0 saturated carbocycles. The Morgan fingerprint density at radius 2 is 1.45 bits per heavy atom. The predicted molar refractivity (Wildman–Crippen MR) is 98.1 cm³/mol. The Morgan fingerprint density at radius 1 is 0.818 bits per heavy atom. The minimum absolute atomic E-state index is 0.335. The highest BCUT2D eigenvalue weighted by Crippen LogP contribution is 2.13. The highest BCUT2D eigenvalue weighted by molar-refractivity contribution is 5.51. The highest BCUT2D eigenvalue weighted by Gasteiger charge is 1.89. The average Bonchev–Trinajstić information content (AvgIpc) is 2.52. The predicted octanol–water partition coefficient (Wildman–Crippen LogP) is 6.88. The molecule has 1 nitrogen and oxygen atoms in total. The molecule has 0 heterocycles. The molecule has 0 saturated heterocycles. The van der Waals surface area contributed by atoms with E-state index in [4.69, 9.17) is 0 Å². The van der Waals surface area contributed by atoms with Crippen LogP contribution in [0.3, 0.4) is 0 Å². The zero-order chi connectivity index (χ0) is 15.9. The van der Waals surface area contributed by atoms with Crippen molar-refractivity contribution < 1.29 is 5.11 Å². The largest absolute Gasteiger partial charge is 0.508 e. The first kappa shape index (κ1) is 18.5. The quantitative estimate of drug-likeness (QED) is 0.329. The van der Waals surface area contributed by atoms with Crippen molar-refractivity contribution >= 4 is 6.08 Å². The molecule has 1 aromatic rings. The van der Waals surface area contributed by atoms with Crippen LogP contribution in [0.15, 0.2) is 42.5 Å². The van der Waals surface area contributed by atoms with Crippen molar-refractivity contribution in [1.29, 1.82) is 0 Å². The van der Waals surface area contributed by atoms with Crippen LogP contribution in [-0.2, 0) is 0 Å². The molecule has 1 heteroatoms. The zero-order valence-electron chi connectivity index (χ0n) is 14.1. The Kier molecular flexibility index (Phi) is 11.1. The van der Waals surface area contributed by atoms with Crippen molar-refractivity contribution in [3.63, 3.8) is 0 Å². The Labute approximate surface area is 136 Å². The van der Waals surface area contributed by atoms with Crippen LogP contribution in [0.25, 0.3) is 6.08 Å². The SMILES string of the molecule is CCCCCCC/C=C/CCCC/C=C/c1cccc(O)c1. The molecule has 0 fully saturated rings. The number of phenolic OH excluding ortho intramolecular Hbond substituents is 1. The van der Waals surface area contributed by atoms with E-state index in [0.717, 1.165) is 12.0 Å². The van der Waals surface area contributed by atoms with Crippen LogP contribution >= 0.6 is 0 Å². The second-order valence-electron chi connectivity index (χ2n) is 5.96. The molecule has 0 spiro atoms. The number of hydrogen-bond donors (Lipinski definition) is 1. The van der Waals surface area contributed by atoms with Gasteiger partial charge < -0.3 is 5.11 Å². The minimum Gasteiger partial charge on any atom is -0.508 e. The van der Waals surface area contributed by atoms with E-state index < -0.39 is 0 Å². The number of phenols is 1. The molecule has 122 valence electrons.